The first kappa shape index (κ1) is 21.0. The summed E-state index contributed by atoms with van der Waals surface area (Å²) in [5, 5.41) is 11.8. The van der Waals surface area contributed by atoms with Crippen LogP contribution in [-0.4, -0.2) is 60.4 Å². The van der Waals surface area contributed by atoms with Crippen LogP contribution in [0.5, 0.6) is 0 Å². The van der Waals surface area contributed by atoms with Gasteiger partial charge in [0.1, 0.15) is 0 Å². The molecular formula is C24H27N5O2. The Morgan fingerprint density at radius 3 is 2.45 bits per heavy atom. The molecule has 7 nitrogen and oxygen atoms in total. The van der Waals surface area contributed by atoms with E-state index in [0.717, 1.165) is 38.4 Å². The minimum Gasteiger partial charge on any atom is -0.324 e. The maximum absolute atomic E-state index is 13.2. The van der Waals surface area contributed by atoms with Gasteiger partial charge in [0, 0.05) is 45.2 Å². The Bertz CT molecular complexity index is 990. The van der Waals surface area contributed by atoms with Gasteiger partial charge in [0.25, 0.3) is 0 Å². The molecule has 1 saturated heterocycles. The fraction of sp³-hybridized carbons (Fsp3) is 0.375. The summed E-state index contributed by atoms with van der Waals surface area (Å²) < 4.78 is 0. The number of benzene rings is 2. The van der Waals surface area contributed by atoms with Gasteiger partial charge in [-0.05, 0) is 36.8 Å². The molecule has 31 heavy (non-hydrogen) atoms. The van der Waals surface area contributed by atoms with Crippen molar-refractivity contribution in [2.75, 3.05) is 42.9 Å². The summed E-state index contributed by atoms with van der Waals surface area (Å²) in [5.74, 6) is -0.0383. The second-order valence-electron chi connectivity index (χ2n) is 8.24. The van der Waals surface area contributed by atoms with Crippen LogP contribution in [0.4, 0.5) is 11.4 Å². The minimum atomic E-state index is -0.186. The fourth-order valence-corrected chi connectivity index (χ4v) is 4.28. The molecule has 2 aromatic carbocycles. The van der Waals surface area contributed by atoms with Gasteiger partial charge in [-0.15, -0.1) is 0 Å². The van der Waals surface area contributed by atoms with E-state index in [4.69, 9.17) is 5.26 Å². The van der Waals surface area contributed by atoms with Crippen molar-refractivity contribution in [2.24, 2.45) is 0 Å². The number of hydrogen-bond donors (Lipinski definition) is 1. The van der Waals surface area contributed by atoms with Crippen LogP contribution in [0.3, 0.4) is 0 Å². The monoisotopic (exact) mass is 417 g/mol. The van der Waals surface area contributed by atoms with Gasteiger partial charge in [-0.25, -0.2) is 0 Å². The number of nitriles is 1. The molecule has 0 aromatic heterocycles. The molecule has 2 aliphatic rings. The number of piperazine rings is 1. The van der Waals surface area contributed by atoms with Gasteiger partial charge in [-0.3, -0.25) is 19.4 Å². The van der Waals surface area contributed by atoms with Crippen molar-refractivity contribution in [1.29, 1.82) is 5.26 Å². The Balaban J connectivity index is 1.35. The van der Waals surface area contributed by atoms with Crippen LogP contribution in [0.2, 0.25) is 0 Å². The summed E-state index contributed by atoms with van der Waals surface area (Å²) in [6.07, 6.45) is 0.290. The molecule has 2 aliphatic heterocycles. The molecule has 7 heteroatoms. The number of nitrogens with one attached hydrogen (secondary N) is 1. The smallest absolute Gasteiger partial charge is 0.241 e. The Labute approximate surface area is 182 Å². The van der Waals surface area contributed by atoms with Gasteiger partial charge >= 0.3 is 0 Å². The fourth-order valence-electron chi connectivity index (χ4n) is 4.28. The zero-order chi connectivity index (χ0) is 21.8. The van der Waals surface area contributed by atoms with Crippen LogP contribution < -0.4 is 10.2 Å². The molecule has 0 unspecified atom stereocenters. The molecule has 160 valence electrons. The second kappa shape index (κ2) is 9.29. The summed E-state index contributed by atoms with van der Waals surface area (Å²) in [6.45, 7) is 6.54. The molecule has 0 saturated carbocycles. The van der Waals surface area contributed by atoms with E-state index in [1.54, 1.807) is 4.90 Å². The Morgan fingerprint density at radius 1 is 1.06 bits per heavy atom. The third-order valence-corrected chi connectivity index (χ3v) is 5.94. The maximum Gasteiger partial charge on any atom is 0.241 e. The van der Waals surface area contributed by atoms with Gasteiger partial charge < -0.3 is 10.2 Å². The molecule has 1 fully saturated rings. The lowest BCUT2D eigenvalue weighted by Gasteiger charge is -2.36. The maximum atomic E-state index is 13.2. The first-order chi connectivity index (χ1) is 15.0. The highest BCUT2D eigenvalue weighted by Gasteiger charge is 2.31. The van der Waals surface area contributed by atoms with Gasteiger partial charge in [-0.1, -0.05) is 24.3 Å². The lowest BCUT2D eigenvalue weighted by Crippen LogP contribution is -2.51. The molecule has 1 N–H and O–H groups in total. The predicted octanol–water partition coefficient (Wildman–Crippen LogP) is 2.44. The molecule has 2 heterocycles. The van der Waals surface area contributed by atoms with E-state index in [0.29, 0.717) is 24.2 Å². The van der Waals surface area contributed by atoms with Crippen molar-refractivity contribution in [3.05, 3.63) is 59.7 Å². The van der Waals surface area contributed by atoms with Crippen LogP contribution >= 0.6 is 0 Å². The number of para-hydroxylation sites is 2. The third-order valence-electron chi connectivity index (χ3n) is 5.94. The van der Waals surface area contributed by atoms with Crippen molar-refractivity contribution in [2.45, 2.75) is 25.9 Å². The molecule has 2 aromatic rings. The topological polar surface area (TPSA) is 79.7 Å². The molecule has 1 atom stereocenters. The van der Waals surface area contributed by atoms with Crippen molar-refractivity contribution in [1.82, 2.24) is 9.80 Å². The summed E-state index contributed by atoms with van der Waals surface area (Å²) >= 11 is 0. The summed E-state index contributed by atoms with van der Waals surface area (Å²) in [4.78, 5) is 31.7. The zero-order valence-corrected chi connectivity index (χ0v) is 17.8. The molecule has 4 rings (SSSR count). The van der Waals surface area contributed by atoms with Crippen molar-refractivity contribution < 1.29 is 9.59 Å². The van der Waals surface area contributed by atoms with E-state index in [1.807, 2.05) is 55.5 Å². The van der Waals surface area contributed by atoms with E-state index >= 15 is 0 Å². The van der Waals surface area contributed by atoms with Gasteiger partial charge in [0.05, 0.1) is 29.6 Å². The van der Waals surface area contributed by atoms with Crippen molar-refractivity contribution >= 4 is 23.2 Å². The Kier molecular flexibility index (Phi) is 6.31. The summed E-state index contributed by atoms with van der Waals surface area (Å²) in [5.41, 5.74) is 3.33. The van der Waals surface area contributed by atoms with E-state index < -0.39 is 0 Å². The van der Waals surface area contributed by atoms with Crippen LogP contribution in [0.25, 0.3) is 0 Å². The number of amides is 2. The highest BCUT2D eigenvalue weighted by Crippen LogP contribution is 2.31. The molecular weight excluding hydrogens is 390 g/mol. The average Bonchev–Trinajstić information content (AvgIpc) is 2.89. The van der Waals surface area contributed by atoms with E-state index in [-0.39, 0.29) is 17.9 Å². The number of hydrogen-bond acceptors (Lipinski definition) is 5. The first-order valence-corrected chi connectivity index (χ1v) is 10.7. The van der Waals surface area contributed by atoms with Crippen molar-refractivity contribution in [3.63, 3.8) is 0 Å². The number of carbonyl (C=O) groups is 2. The number of fused-ring (bicyclic) bond motifs is 1. The molecule has 2 amide bonds. The molecule has 0 aliphatic carbocycles. The van der Waals surface area contributed by atoms with Gasteiger partial charge in [-0.2, -0.15) is 5.26 Å². The predicted molar refractivity (Wildman–Crippen MR) is 120 cm³/mol. The zero-order valence-electron chi connectivity index (χ0n) is 17.8. The number of carbonyl (C=O) groups excluding carboxylic acids is 2. The van der Waals surface area contributed by atoms with Crippen LogP contribution in [0.15, 0.2) is 48.5 Å². The Hall–Kier alpha value is -3.21. The standard InChI is InChI=1S/C24H27N5O2/c1-18-14-23(30)26-21-4-2-3-5-22(21)29(18)24(31)17-28-12-10-27(11-13-28)16-20-8-6-19(15-25)7-9-20/h2-9,18H,10-14,16-17H2,1H3,(H,26,30)/t18-/m0/s1. The number of anilines is 2. The second-order valence-corrected chi connectivity index (χ2v) is 8.24. The van der Waals surface area contributed by atoms with Crippen LogP contribution in [0.1, 0.15) is 24.5 Å². The quantitative estimate of drug-likeness (QED) is 0.827. The largest absolute Gasteiger partial charge is 0.324 e. The SMILES string of the molecule is C[C@H]1CC(=O)Nc2ccccc2N1C(=O)CN1CCN(Cc2ccc(C#N)cc2)CC1. The lowest BCUT2D eigenvalue weighted by molar-refractivity contribution is -0.120. The van der Waals surface area contributed by atoms with Crippen molar-refractivity contribution in [3.8, 4) is 6.07 Å². The molecule has 0 bridgehead atoms. The minimum absolute atomic E-state index is 0.0250. The van der Waals surface area contributed by atoms with Crippen LogP contribution in [0, 0.1) is 11.3 Å². The first-order valence-electron chi connectivity index (χ1n) is 10.7. The van der Waals surface area contributed by atoms with Gasteiger partial charge in [0.2, 0.25) is 11.8 Å². The number of rotatable bonds is 4. The summed E-state index contributed by atoms with van der Waals surface area (Å²) in [7, 11) is 0. The normalized spacial score (nSPS) is 19.8. The van der Waals surface area contributed by atoms with Crippen LogP contribution in [-0.2, 0) is 16.1 Å². The molecule has 0 spiro atoms. The van der Waals surface area contributed by atoms with E-state index in [2.05, 4.69) is 21.2 Å². The van der Waals surface area contributed by atoms with E-state index in [1.165, 1.54) is 5.56 Å². The van der Waals surface area contributed by atoms with E-state index in [9.17, 15) is 9.59 Å². The lowest BCUT2D eigenvalue weighted by atomic mass is 10.1. The summed E-state index contributed by atoms with van der Waals surface area (Å²) in [6, 6.07) is 17.2. The molecule has 0 radical (unpaired) electrons. The van der Waals surface area contributed by atoms with Gasteiger partial charge in [0.15, 0.2) is 0 Å². The average molecular weight is 418 g/mol. The number of nitrogens with zero attached hydrogens (tertiary/aromatic N) is 4. The highest BCUT2D eigenvalue weighted by molar-refractivity contribution is 6.04. The third kappa shape index (κ3) is 4.93. The highest BCUT2D eigenvalue weighted by atomic mass is 16.2. The Morgan fingerprint density at radius 2 is 1.74 bits per heavy atom.